The number of hydrogen-bond donors (Lipinski definition) is 1. The monoisotopic (exact) mass is 296 g/mol. The Hall–Kier alpha value is -1.75. The van der Waals surface area contributed by atoms with Gasteiger partial charge in [0.15, 0.2) is 0 Å². The predicted molar refractivity (Wildman–Crippen MR) is 75.6 cm³/mol. The molecule has 1 saturated heterocycles. The minimum absolute atomic E-state index is 0.126. The lowest BCUT2D eigenvalue weighted by molar-refractivity contribution is -0.148. The van der Waals surface area contributed by atoms with E-state index in [2.05, 4.69) is 5.32 Å². The Labute approximate surface area is 122 Å². The molecule has 0 spiro atoms. The lowest BCUT2D eigenvalue weighted by Crippen LogP contribution is -2.60. The number of piperazine rings is 1. The molecule has 1 aliphatic heterocycles. The maximum atomic E-state index is 12.2. The molecule has 108 valence electrons. The van der Waals surface area contributed by atoms with Gasteiger partial charge in [-0.05, 0) is 26.0 Å². The highest BCUT2D eigenvalue weighted by molar-refractivity contribution is 6.31. The molecule has 0 aromatic heterocycles. The molecule has 5 nitrogen and oxygen atoms in total. The van der Waals surface area contributed by atoms with Crippen molar-refractivity contribution in [2.75, 3.05) is 7.11 Å². The van der Waals surface area contributed by atoms with E-state index < -0.39 is 12.1 Å². The Bertz CT molecular complexity index is 547. The van der Waals surface area contributed by atoms with Crippen molar-refractivity contribution in [3.63, 3.8) is 0 Å². The van der Waals surface area contributed by atoms with Crippen LogP contribution in [0.2, 0.25) is 5.02 Å². The van der Waals surface area contributed by atoms with E-state index in [0.29, 0.717) is 16.3 Å². The van der Waals surface area contributed by atoms with Crippen LogP contribution in [0.3, 0.4) is 0 Å². The van der Waals surface area contributed by atoms with Crippen LogP contribution in [-0.4, -0.2) is 35.9 Å². The van der Waals surface area contributed by atoms with Gasteiger partial charge in [-0.3, -0.25) is 9.59 Å². The first-order valence-electron chi connectivity index (χ1n) is 6.38. The fourth-order valence-electron chi connectivity index (χ4n) is 2.25. The molecule has 2 unspecified atom stereocenters. The van der Waals surface area contributed by atoms with Gasteiger partial charge in [0.25, 0.3) is 0 Å². The summed E-state index contributed by atoms with van der Waals surface area (Å²) < 4.78 is 5.27. The number of amides is 2. The van der Waals surface area contributed by atoms with Gasteiger partial charge in [0.2, 0.25) is 11.8 Å². The third-order valence-electron chi connectivity index (χ3n) is 3.48. The third kappa shape index (κ3) is 2.58. The number of nitrogens with one attached hydrogen (secondary N) is 1. The first-order valence-corrected chi connectivity index (χ1v) is 6.75. The minimum atomic E-state index is -0.528. The highest BCUT2D eigenvalue weighted by Crippen LogP contribution is 2.29. The van der Waals surface area contributed by atoms with Crippen LogP contribution in [0.4, 0.5) is 0 Å². The summed E-state index contributed by atoms with van der Waals surface area (Å²) in [7, 11) is 1.55. The van der Waals surface area contributed by atoms with Crippen LogP contribution in [0.15, 0.2) is 18.2 Å². The molecular weight excluding hydrogens is 280 g/mol. The van der Waals surface area contributed by atoms with E-state index in [0.717, 1.165) is 0 Å². The van der Waals surface area contributed by atoms with Crippen LogP contribution in [-0.2, 0) is 16.1 Å². The highest BCUT2D eigenvalue weighted by atomic mass is 35.5. The number of nitrogens with zero attached hydrogens (tertiary/aromatic N) is 1. The van der Waals surface area contributed by atoms with Gasteiger partial charge in [0, 0.05) is 10.6 Å². The molecule has 1 aromatic rings. The Morgan fingerprint density at radius 3 is 2.70 bits per heavy atom. The van der Waals surface area contributed by atoms with E-state index >= 15 is 0 Å². The number of methoxy groups -OCH3 is 1. The van der Waals surface area contributed by atoms with Crippen molar-refractivity contribution in [1.29, 1.82) is 0 Å². The van der Waals surface area contributed by atoms with Crippen LogP contribution in [0.5, 0.6) is 5.75 Å². The lowest BCUT2D eigenvalue weighted by Gasteiger charge is -2.36. The normalized spacial score (nSPS) is 22.7. The Morgan fingerprint density at radius 2 is 2.05 bits per heavy atom. The van der Waals surface area contributed by atoms with Crippen LogP contribution in [0, 0.1) is 0 Å². The zero-order chi connectivity index (χ0) is 14.9. The number of rotatable bonds is 3. The molecule has 0 saturated carbocycles. The summed E-state index contributed by atoms with van der Waals surface area (Å²) in [4.78, 5) is 25.6. The zero-order valence-electron chi connectivity index (χ0n) is 11.6. The SMILES string of the molecule is COc1cccc(Cl)c1CN1C(=O)C(C)NC(=O)C1C. The molecule has 2 amide bonds. The summed E-state index contributed by atoms with van der Waals surface area (Å²) in [5.74, 6) is 0.318. The summed E-state index contributed by atoms with van der Waals surface area (Å²) in [6.07, 6.45) is 0. The van der Waals surface area contributed by atoms with Gasteiger partial charge in [0.05, 0.1) is 13.7 Å². The van der Waals surface area contributed by atoms with Crippen molar-refractivity contribution in [1.82, 2.24) is 10.2 Å². The van der Waals surface area contributed by atoms with E-state index in [4.69, 9.17) is 16.3 Å². The van der Waals surface area contributed by atoms with Crippen molar-refractivity contribution in [2.45, 2.75) is 32.5 Å². The maximum absolute atomic E-state index is 12.2. The number of hydrogen-bond acceptors (Lipinski definition) is 3. The molecule has 1 N–H and O–H groups in total. The van der Waals surface area contributed by atoms with Crippen molar-refractivity contribution in [2.24, 2.45) is 0 Å². The van der Waals surface area contributed by atoms with Gasteiger partial charge in [0.1, 0.15) is 17.8 Å². The van der Waals surface area contributed by atoms with Crippen molar-refractivity contribution in [3.8, 4) is 5.75 Å². The van der Waals surface area contributed by atoms with Gasteiger partial charge < -0.3 is 15.0 Å². The van der Waals surface area contributed by atoms with Crippen LogP contribution in [0.25, 0.3) is 0 Å². The first-order chi connectivity index (χ1) is 9.45. The number of benzene rings is 1. The summed E-state index contributed by atoms with van der Waals surface area (Å²) in [6.45, 7) is 3.62. The zero-order valence-corrected chi connectivity index (χ0v) is 12.4. The van der Waals surface area contributed by atoms with Crippen LogP contribution >= 0.6 is 11.6 Å². The number of halogens is 1. The highest BCUT2D eigenvalue weighted by Gasteiger charge is 2.36. The Balaban J connectivity index is 2.32. The predicted octanol–water partition coefficient (Wildman–Crippen LogP) is 1.58. The molecule has 1 fully saturated rings. The van der Waals surface area contributed by atoms with Crippen molar-refractivity contribution in [3.05, 3.63) is 28.8 Å². The average molecular weight is 297 g/mol. The molecular formula is C14H17ClN2O3. The fraction of sp³-hybridized carbons (Fsp3) is 0.429. The largest absolute Gasteiger partial charge is 0.496 e. The van der Waals surface area contributed by atoms with Gasteiger partial charge in [-0.1, -0.05) is 17.7 Å². The van der Waals surface area contributed by atoms with Crippen LogP contribution < -0.4 is 10.1 Å². The Morgan fingerprint density at radius 1 is 1.35 bits per heavy atom. The molecule has 0 aliphatic carbocycles. The average Bonchev–Trinajstić information content (AvgIpc) is 2.42. The molecule has 2 atom stereocenters. The molecule has 2 rings (SSSR count). The fourth-order valence-corrected chi connectivity index (χ4v) is 2.47. The molecule has 1 heterocycles. The van der Waals surface area contributed by atoms with E-state index in [1.807, 2.05) is 0 Å². The van der Waals surface area contributed by atoms with Gasteiger partial charge in [-0.15, -0.1) is 0 Å². The van der Waals surface area contributed by atoms with E-state index in [1.165, 1.54) is 4.90 Å². The standard InChI is InChI=1S/C14H17ClN2O3/c1-8-14(19)17(9(2)13(18)16-8)7-10-11(15)5-4-6-12(10)20-3/h4-6,8-9H,7H2,1-3H3,(H,16,18). The number of carbonyl (C=O) groups is 2. The Kier molecular flexibility index (Phi) is 4.18. The lowest BCUT2D eigenvalue weighted by atomic mass is 10.1. The van der Waals surface area contributed by atoms with Gasteiger partial charge in [-0.2, -0.15) is 0 Å². The van der Waals surface area contributed by atoms with E-state index in [-0.39, 0.29) is 18.4 Å². The second-order valence-corrected chi connectivity index (χ2v) is 5.20. The van der Waals surface area contributed by atoms with Crippen molar-refractivity contribution >= 4 is 23.4 Å². The van der Waals surface area contributed by atoms with Gasteiger partial charge in [-0.25, -0.2) is 0 Å². The number of carbonyl (C=O) groups excluding carboxylic acids is 2. The number of ether oxygens (including phenoxy) is 1. The summed E-state index contributed by atoms with van der Waals surface area (Å²) in [5, 5.41) is 3.16. The van der Waals surface area contributed by atoms with Crippen LogP contribution in [0.1, 0.15) is 19.4 Å². The smallest absolute Gasteiger partial charge is 0.245 e. The molecule has 20 heavy (non-hydrogen) atoms. The second kappa shape index (κ2) is 5.71. The third-order valence-corrected chi connectivity index (χ3v) is 3.84. The molecule has 6 heteroatoms. The summed E-state index contributed by atoms with van der Waals surface area (Å²) >= 11 is 6.18. The maximum Gasteiger partial charge on any atom is 0.245 e. The first kappa shape index (κ1) is 14.7. The summed E-state index contributed by atoms with van der Waals surface area (Å²) in [5.41, 5.74) is 0.707. The van der Waals surface area contributed by atoms with E-state index in [1.54, 1.807) is 39.2 Å². The summed E-state index contributed by atoms with van der Waals surface area (Å²) in [6, 6.07) is 4.25. The molecule has 1 aromatic carbocycles. The molecule has 0 radical (unpaired) electrons. The van der Waals surface area contributed by atoms with E-state index in [9.17, 15) is 9.59 Å². The van der Waals surface area contributed by atoms with Crippen molar-refractivity contribution < 1.29 is 14.3 Å². The topological polar surface area (TPSA) is 58.6 Å². The minimum Gasteiger partial charge on any atom is -0.496 e. The quantitative estimate of drug-likeness (QED) is 0.921. The van der Waals surface area contributed by atoms with Gasteiger partial charge >= 0.3 is 0 Å². The second-order valence-electron chi connectivity index (χ2n) is 4.79. The molecule has 1 aliphatic rings. The molecule has 0 bridgehead atoms.